The number of nitrogens with zero attached hydrogens (tertiary/aromatic N) is 1. The average molecular weight is 167 g/mol. The van der Waals surface area contributed by atoms with Crippen LogP contribution in [0, 0.1) is 23.2 Å². The van der Waals surface area contributed by atoms with Crippen molar-refractivity contribution < 1.29 is 0 Å². The van der Waals surface area contributed by atoms with Crippen LogP contribution in [0.1, 0.15) is 52.9 Å². The van der Waals surface area contributed by atoms with E-state index in [1.54, 1.807) is 0 Å². The average Bonchev–Trinajstić information content (AvgIpc) is 1.97. The molecule has 0 heterocycles. The van der Waals surface area contributed by atoms with Crippen LogP contribution in [0.3, 0.4) is 0 Å². The van der Waals surface area contributed by atoms with E-state index in [-0.39, 0.29) is 0 Å². The molecule has 0 rings (SSSR count). The normalized spacial score (nSPS) is 12.9. The van der Waals surface area contributed by atoms with E-state index in [9.17, 15) is 0 Å². The predicted octanol–water partition coefficient (Wildman–Crippen LogP) is 3.75. The van der Waals surface area contributed by atoms with Crippen molar-refractivity contribution in [3.63, 3.8) is 0 Å². The van der Waals surface area contributed by atoms with Gasteiger partial charge in [0.05, 0.1) is 6.07 Å². The summed E-state index contributed by atoms with van der Waals surface area (Å²) in [6, 6.07) is 2.18. The quantitative estimate of drug-likeness (QED) is 0.553. The molecule has 1 nitrogen and oxygen atoms in total. The monoisotopic (exact) mass is 167 g/mol. The van der Waals surface area contributed by atoms with E-state index in [0.717, 1.165) is 24.7 Å². The molecule has 0 radical (unpaired) electrons. The minimum absolute atomic E-state index is 0.731. The van der Waals surface area contributed by atoms with Gasteiger partial charge in [-0.2, -0.15) is 5.26 Å². The highest BCUT2D eigenvalue weighted by atomic mass is 14.2. The summed E-state index contributed by atoms with van der Waals surface area (Å²) in [5.41, 5.74) is 0. The van der Waals surface area contributed by atoms with Crippen molar-refractivity contribution in [3.05, 3.63) is 0 Å². The third-order valence-electron chi connectivity index (χ3n) is 2.11. The van der Waals surface area contributed by atoms with Crippen LogP contribution in [-0.4, -0.2) is 0 Å². The van der Waals surface area contributed by atoms with Gasteiger partial charge in [0.25, 0.3) is 0 Å². The zero-order chi connectivity index (χ0) is 9.40. The number of hydrogen-bond acceptors (Lipinski definition) is 1. The molecule has 0 unspecified atom stereocenters. The summed E-state index contributed by atoms with van der Waals surface area (Å²) >= 11 is 0. The maximum atomic E-state index is 8.33. The third kappa shape index (κ3) is 7.60. The molecule has 0 saturated heterocycles. The van der Waals surface area contributed by atoms with Crippen molar-refractivity contribution in [3.8, 4) is 6.07 Å². The van der Waals surface area contributed by atoms with Crippen LogP contribution in [0.4, 0.5) is 0 Å². The smallest absolute Gasteiger partial charge is 0.0621 e. The number of rotatable bonds is 6. The van der Waals surface area contributed by atoms with E-state index >= 15 is 0 Å². The van der Waals surface area contributed by atoms with Gasteiger partial charge in [-0.3, -0.25) is 0 Å². The van der Waals surface area contributed by atoms with Crippen LogP contribution in [-0.2, 0) is 0 Å². The molecule has 0 aromatic carbocycles. The number of unbranched alkanes of at least 4 members (excludes halogenated alkanes) is 2. The van der Waals surface area contributed by atoms with E-state index in [1.165, 1.54) is 19.3 Å². The summed E-state index contributed by atoms with van der Waals surface area (Å²) < 4.78 is 0. The second kappa shape index (κ2) is 7.16. The van der Waals surface area contributed by atoms with Gasteiger partial charge in [-0.1, -0.05) is 33.6 Å². The highest BCUT2D eigenvalue weighted by Gasteiger charge is 2.03. The maximum absolute atomic E-state index is 8.33. The van der Waals surface area contributed by atoms with Gasteiger partial charge in [-0.15, -0.1) is 0 Å². The second-order valence-corrected chi connectivity index (χ2v) is 4.14. The molecule has 0 aromatic rings. The molecule has 0 aromatic heterocycles. The fraction of sp³-hybridized carbons (Fsp3) is 0.909. The Balaban J connectivity index is 3.20. The highest BCUT2D eigenvalue weighted by Crippen LogP contribution is 2.17. The first-order valence-corrected chi connectivity index (χ1v) is 5.03. The van der Waals surface area contributed by atoms with E-state index in [2.05, 4.69) is 26.8 Å². The molecular formula is C11H21N. The fourth-order valence-corrected chi connectivity index (χ4v) is 1.62. The minimum atomic E-state index is 0.731. The van der Waals surface area contributed by atoms with Gasteiger partial charge < -0.3 is 0 Å². The zero-order valence-electron chi connectivity index (χ0n) is 8.64. The summed E-state index contributed by atoms with van der Waals surface area (Å²) in [7, 11) is 0. The Bertz CT molecular complexity index is 132. The van der Waals surface area contributed by atoms with Gasteiger partial charge in [-0.25, -0.2) is 0 Å². The largest absolute Gasteiger partial charge is 0.198 e. The first-order valence-electron chi connectivity index (χ1n) is 5.03. The molecule has 0 bridgehead atoms. The summed E-state index contributed by atoms with van der Waals surface area (Å²) in [6.07, 6.45) is 5.65. The summed E-state index contributed by atoms with van der Waals surface area (Å²) in [5, 5.41) is 8.33. The molecule has 0 aliphatic rings. The lowest BCUT2D eigenvalue weighted by Gasteiger charge is -2.12. The minimum Gasteiger partial charge on any atom is -0.198 e. The van der Waals surface area contributed by atoms with Gasteiger partial charge >= 0.3 is 0 Å². The van der Waals surface area contributed by atoms with Crippen LogP contribution in [0.2, 0.25) is 0 Å². The SMILES string of the molecule is CC(C)C[C@@H](C)CCCCC#N. The molecule has 0 fully saturated rings. The van der Waals surface area contributed by atoms with E-state index in [1.807, 2.05) is 0 Å². The number of hydrogen-bond donors (Lipinski definition) is 0. The van der Waals surface area contributed by atoms with E-state index in [4.69, 9.17) is 5.26 Å². The lowest BCUT2D eigenvalue weighted by atomic mass is 9.94. The Morgan fingerprint density at radius 2 is 1.83 bits per heavy atom. The van der Waals surface area contributed by atoms with Crippen molar-refractivity contribution in [2.24, 2.45) is 11.8 Å². The van der Waals surface area contributed by atoms with Crippen LogP contribution in [0.25, 0.3) is 0 Å². The third-order valence-corrected chi connectivity index (χ3v) is 2.11. The number of nitriles is 1. The van der Waals surface area contributed by atoms with E-state index < -0.39 is 0 Å². The predicted molar refractivity (Wildman–Crippen MR) is 52.7 cm³/mol. The molecular weight excluding hydrogens is 146 g/mol. The van der Waals surface area contributed by atoms with Crippen LogP contribution >= 0.6 is 0 Å². The molecule has 0 saturated carbocycles. The van der Waals surface area contributed by atoms with Gasteiger partial charge in [0.1, 0.15) is 0 Å². The fourth-order valence-electron chi connectivity index (χ4n) is 1.62. The van der Waals surface area contributed by atoms with Gasteiger partial charge in [0.15, 0.2) is 0 Å². The lowest BCUT2D eigenvalue weighted by Crippen LogP contribution is -1.99. The first kappa shape index (κ1) is 11.5. The van der Waals surface area contributed by atoms with Crippen molar-refractivity contribution in [1.82, 2.24) is 0 Å². The van der Waals surface area contributed by atoms with E-state index in [0.29, 0.717) is 0 Å². The lowest BCUT2D eigenvalue weighted by molar-refractivity contribution is 0.402. The molecule has 0 aliphatic carbocycles. The Morgan fingerprint density at radius 3 is 2.33 bits per heavy atom. The molecule has 0 amide bonds. The first-order chi connectivity index (χ1) is 5.66. The zero-order valence-corrected chi connectivity index (χ0v) is 8.64. The van der Waals surface area contributed by atoms with Gasteiger partial charge in [0, 0.05) is 6.42 Å². The van der Waals surface area contributed by atoms with Crippen molar-refractivity contribution in [1.29, 1.82) is 5.26 Å². The molecule has 0 aliphatic heterocycles. The van der Waals surface area contributed by atoms with Crippen LogP contribution < -0.4 is 0 Å². The molecule has 1 atom stereocenters. The van der Waals surface area contributed by atoms with Crippen LogP contribution in [0.15, 0.2) is 0 Å². The molecule has 1 heteroatoms. The second-order valence-electron chi connectivity index (χ2n) is 4.14. The van der Waals surface area contributed by atoms with Crippen molar-refractivity contribution in [2.75, 3.05) is 0 Å². The Labute approximate surface area is 76.8 Å². The Morgan fingerprint density at radius 1 is 1.17 bits per heavy atom. The highest BCUT2D eigenvalue weighted by molar-refractivity contribution is 4.68. The summed E-state index contributed by atoms with van der Waals surface area (Å²) in [5.74, 6) is 1.65. The van der Waals surface area contributed by atoms with Gasteiger partial charge in [0.2, 0.25) is 0 Å². The van der Waals surface area contributed by atoms with Gasteiger partial charge in [-0.05, 0) is 24.7 Å². The Hall–Kier alpha value is -0.510. The Kier molecular flexibility index (Phi) is 6.85. The van der Waals surface area contributed by atoms with Crippen LogP contribution in [0.5, 0.6) is 0 Å². The summed E-state index contributed by atoms with van der Waals surface area (Å²) in [6.45, 7) is 6.85. The summed E-state index contributed by atoms with van der Waals surface area (Å²) in [4.78, 5) is 0. The molecule has 70 valence electrons. The maximum Gasteiger partial charge on any atom is 0.0621 e. The molecule has 0 spiro atoms. The molecule has 12 heavy (non-hydrogen) atoms. The van der Waals surface area contributed by atoms with Crippen molar-refractivity contribution >= 4 is 0 Å². The standard InChI is InChI=1S/C11H21N/c1-10(2)9-11(3)7-5-4-6-8-12/h10-11H,4-7,9H2,1-3H3/t11-/m0/s1. The molecule has 0 N–H and O–H groups in total. The topological polar surface area (TPSA) is 23.8 Å². The van der Waals surface area contributed by atoms with Crippen molar-refractivity contribution in [2.45, 2.75) is 52.9 Å².